The smallest absolute Gasteiger partial charge is 0.254 e. The van der Waals surface area contributed by atoms with Crippen LogP contribution in [0.25, 0.3) is 0 Å². The third-order valence-electron chi connectivity index (χ3n) is 9.03. The molecule has 0 aromatic heterocycles. The van der Waals surface area contributed by atoms with Gasteiger partial charge in [-0.15, -0.1) is 6.42 Å². The van der Waals surface area contributed by atoms with Crippen LogP contribution in [0.5, 0.6) is 0 Å². The average molecular weight is 464 g/mol. The van der Waals surface area contributed by atoms with Crippen molar-refractivity contribution in [3.8, 4) is 12.3 Å². The molecule has 0 bridgehead atoms. The zero-order valence-electron chi connectivity index (χ0n) is 20.8. The highest BCUT2D eigenvalue weighted by Gasteiger charge is 2.61. The number of hydrogen-bond donors (Lipinski definition) is 1. The van der Waals surface area contributed by atoms with Crippen LogP contribution < -0.4 is 5.32 Å². The first-order chi connectivity index (χ1) is 17.0. The highest BCUT2D eigenvalue weighted by atomic mass is 16.2. The Morgan fingerprint density at radius 2 is 2.00 bits per heavy atom. The van der Waals surface area contributed by atoms with E-state index in [0.717, 1.165) is 29.9 Å². The van der Waals surface area contributed by atoms with Gasteiger partial charge in [-0.25, -0.2) is 0 Å². The molecule has 2 saturated carbocycles. The number of nitrogens with one attached hydrogen (secondary N) is 1. The molecule has 3 heteroatoms. The van der Waals surface area contributed by atoms with Gasteiger partial charge in [0, 0.05) is 36.6 Å². The molecule has 5 aliphatic rings. The van der Waals surface area contributed by atoms with Crippen LogP contribution in [0.15, 0.2) is 64.8 Å². The first kappa shape index (κ1) is 22.6. The molecule has 4 aliphatic carbocycles. The lowest BCUT2D eigenvalue weighted by atomic mass is 9.80. The third kappa shape index (κ3) is 3.93. The van der Waals surface area contributed by atoms with E-state index in [1.807, 2.05) is 11.0 Å². The number of nitrogens with zero attached hydrogens (tertiary/aromatic N) is 1. The summed E-state index contributed by atoms with van der Waals surface area (Å²) in [6.45, 7) is 5.83. The van der Waals surface area contributed by atoms with Gasteiger partial charge >= 0.3 is 0 Å². The summed E-state index contributed by atoms with van der Waals surface area (Å²) in [5, 5.41) is 3.64. The van der Waals surface area contributed by atoms with E-state index in [4.69, 9.17) is 6.42 Å². The van der Waals surface area contributed by atoms with Gasteiger partial charge in [-0.2, -0.15) is 0 Å². The Kier molecular flexibility index (Phi) is 5.61. The molecule has 0 saturated heterocycles. The van der Waals surface area contributed by atoms with Crippen molar-refractivity contribution < 1.29 is 4.79 Å². The standard InChI is InChI=1S/C32H35N2O/c1-4-22-12-13-25-19-34(20-26(25)16-22)31(35)27-17-28(21(2)10-11-23-8-6-5-7-9-23)32(33-3)18-29(32)30(27)24-14-15-24/h1,12-17,23,29,33H,2,5-11,18-20H2,3H3. The molecular formula is C32H35N2O. The van der Waals surface area contributed by atoms with Crippen molar-refractivity contribution in [2.24, 2.45) is 11.8 Å². The second-order valence-electron chi connectivity index (χ2n) is 11.1. The number of rotatable bonds is 7. The van der Waals surface area contributed by atoms with Crippen molar-refractivity contribution in [1.82, 2.24) is 10.2 Å². The van der Waals surface area contributed by atoms with Gasteiger partial charge in [0.25, 0.3) is 5.91 Å². The van der Waals surface area contributed by atoms with Gasteiger partial charge in [0.1, 0.15) is 0 Å². The molecule has 179 valence electrons. The molecule has 2 unspecified atom stereocenters. The quantitative estimate of drug-likeness (QED) is 0.520. The summed E-state index contributed by atoms with van der Waals surface area (Å²) in [4.78, 5) is 16.0. The fraction of sp³-hybridized carbons (Fsp3) is 0.438. The van der Waals surface area contributed by atoms with Gasteiger partial charge in [0.15, 0.2) is 0 Å². The number of amides is 1. The summed E-state index contributed by atoms with van der Waals surface area (Å²) in [7, 11) is 2.07. The van der Waals surface area contributed by atoms with Crippen LogP contribution in [0.3, 0.4) is 0 Å². The van der Waals surface area contributed by atoms with Crippen molar-refractivity contribution in [2.45, 2.75) is 70.0 Å². The molecule has 1 aromatic rings. The molecule has 2 atom stereocenters. The Labute approximate surface area is 210 Å². The summed E-state index contributed by atoms with van der Waals surface area (Å²) in [5.74, 6) is 4.03. The lowest BCUT2D eigenvalue weighted by Gasteiger charge is -2.30. The minimum absolute atomic E-state index is 0.0598. The zero-order chi connectivity index (χ0) is 24.2. The predicted molar refractivity (Wildman–Crippen MR) is 141 cm³/mol. The lowest BCUT2D eigenvalue weighted by Crippen LogP contribution is -2.37. The normalized spacial score (nSPS) is 27.0. The van der Waals surface area contributed by atoms with Crippen LogP contribution in [0.1, 0.15) is 68.1 Å². The average Bonchev–Trinajstić information content (AvgIpc) is 3.82. The first-order valence-electron chi connectivity index (χ1n) is 13.3. The fourth-order valence-corrected chi connectivity index (χ4v) is 6.82. The first-order valence-corrected chi connectivity index (χ1v) is 13.3. The monoisotopic (exact) mass is 463 g/mol. The van der Waals surface area contributed by atoms with Gasteiger partial charge in [-0.3, -0.25) is 4.79 Å². The van der Waals surface area contributed by atoms with E-state index in [1.54, 1.807) is 0 Å². The van der Waals surface area contributed by atoms with Crippen LogP contribution in [0, 0.1) is 30.6 Å². The SMILES string of the molecule is C#Cc1ccc2c(c1)CN(C(=O)C1=C(C3=C[CH]3)C3CC3(NC)C(C(=C)CCC3CCCCC3)=C1)C2. The minimum Gasteiger partial charge on any atom is -0.330 e. The van der Waals surface area contributed by atoms with Gasteiger partial charge in [0.05, 0.1) is 5.54 Å². The largest absolute Gasteiger partial charge is 0.330 e. The molecule has 1 N–H and O–H groups in total. The van der Waals surface area contributed by atoms with E-state index in [9.17, 15) is 4.79 Å². The molecule has 1 amide bonds. The number of carbonyl (C=O) groups is 1. The zero-order valence-corrected chi connectivity index (χ0v) is 20.8. The van der Waals surface area contributed by atoms with Crippen molar-refractivity contribution in [2.75, 3.05) is 7.05 Å². The van der Waals surface area contributed by atoms with E-state index in [-0.39, 0.29) is 11.4 Å². The van der Waals surface area contributed by atoms with Gasteiger partial charge in [-0.05, 0) is 78.3 Å². The summed E-state index contributed by atoms with van der Waals surface area (Å²) in [5.41, 5.74) is 9.01. The Morgan fingerprint density at radius 3 is 2.71 bits per heavy atom. The lowest BCUT2D eigenvalue weighted by molar-refractivity contribution is -0.127. The molecule has 2 fully saturated rings. The summed E-state index contributed by atoms with van der Waals surface area (Å²) < 4.78 is 0. The number of allylic oxidation sites excluding steroid dienone is 2. The van der Waals surface area contributed by atoms with Gasteiger partial charge in [-0.1, -0.05) is 62.3 Å². The summed E-state index contributed by atoms with van der Waals surface area (Å²) in [6.07, 6.45) is 22.3. The Bertz CT molecular complexity index is 1230. The number of terminal acetylenes is 1. The molecule has 6 rings (SSSR count). The van der Waals surface area contributed by atoms with Crippen molar-refractivity contribution >= 4 is 5.91 Å². The molecule has 1 radical (unpaired) electrons. The molecule has 1 aromatic carbocycles. The van der Waals surface area contributed by atoms with Crippen LogP contribution in [-0.2, 0) is 17.9 Å². The highest BCUT2D eigenvalue weighted by molar-refractivity contribution is 6.00. The molecule has 3 nitrogen and oxygen atoms in total. The fourth-order valence-electron chi connectivity index (χ4n) is 6.82. The Balaban J connectivity index is 1.28. The number of hydrogen-bond acceptors (Lipinski definition) is 2. The maximum absolute atomic E-state index is 14.0. The third-order valence-corrected chi connectivity index (χ3v) is 9.03. The second kappa shape index (κ2) is 8.68. The summed E-state index contributed by atoms with van der Waals surface area (Å²) >= 11 is 0. The van der Waals surface area contributed by atoms with Crippen molar-refractivity contribution in [3.05, 3.63) is 87.9 Å². The van der Waals surface area contributed by atoms with Crippen LogP contribution in [0.2, 0.25) is 0 Å². The molecular weight excluding hydrogens is 428 g/mol. The van der Waals surface area contributed by atoms with Crippen LogP contribution >= 0.6 is 0 Å². The summed E-state index contributed by atoms with van der Waals surface area (Å²) in [6, 6.07) is 6.10. The maximum Gasteiger partial charge on any atom is 0.254 e. The van der Waals surface area contributed by atoms with E-state index in [1.165, 1.54) is 71.9 Å². The maximum atomic E-state index is 14.0. The molecule has 1 heterocycles. The van der Waals surface area contributed by atoms with E-state index < -0.39 is 0 Å². The highest BCUT2D eigenvalue weighted by Crippen LogP contribution is 2.61. The Morgan fingerprint density at radius 1 is 1.23 bits per heavy atom. The van der Waals surface area contributed by atoms with Crippen molar-refractivity contribution in [1.29, 1.82) is 0 Å². The van der Waals surface area contributed by atoms with E-state index >= 15 is 0 Å². The van der Waals surface area contributed by atoms with Crippen LogP contribution in [-0.4, -0.2) is 23.4 Å². The number of benzene rings is 1. The van der Waals surface area contributed by atoms with Gasteiger partial charge in [0.2, 0.25) is 0 Å². The molecule has 1 aliphatic heterocycles. The number of carbonyl (C=O) groups excluding carboxylic acids is 1. The Hall–Kier alpha value is -2.83. The minimum atomic E-state index is -0.0598. The van der Waals surface area contributed by atoms with E-state index in [0.29, 0.717) is 19.0 Å². The van der Waals surface area contributed by atoms with Gasteiger partial charge < -0.3 is 10.2 Å². The number of likely N-dealkylation sites (N-methyl/N-ethyl adjacent to an activating group) is 1. The van der Waals surface area contributed by atoms with E-state index in [2.05, 4.69) is 55.6 Å². The second-order valence-corrected chi connectivity index (χ2v) is 11.1. The molecule has 35 heavy (non-hydrogen) atoms. The number of fused-ring (bicyclic) bond motifs is 2. The molecule has 0 spiro atoms. The van der Waals surface area contributed by atoms with Crippen molar-refractivity contribution in [3.63, 3.8) is 0 Å². The van der Waals surface area contributed by atoms with Crippen LogP contribution in [0.4, 0.5) is 0 Å². The topological polar surface area (TPSA) is 32.3 Å². The predicted octanol–water partition coefficient (Wildman–Crippen LogP) is 5.79.